The topological polar surface area (TPSA) is 101 Å². The first kappa shape index (κ1) is 25.5. The van der Waals surface area contributed by atoms with Crippen molar-refractivity contribution in [1.29, 1.82) is 0 Å². The molecule has 3 N–H and O–H groups in total. The Kier molecular flexibility index (Phi) is 12.1. The van der Waals surface area contributed by atoms with E-state index in [9.17, 15) is 4.79 Å². The lowest BCUT2D eigenvalue weighted by Gasteiger charge is -2.19. The van der Waals surface area contributed by atoms with E-state index < -0.39 is 11.7 Å². The highest BCUT2D eigenvalue weighted by atomic mass is 127. The van der Waals surface area contributed by atoms with Crippen molar-refractivity contribution >= 4 is 36.0 Å². The summed E-state index contributed by atoms with van der Waals surface area (Å²) in [6, 6.07) is 1.99. The van der Waals surface area contributed by atoms with Gasteiger partial charge in [0.05, 0.1) is 12.2 Å². The highest BCUT2D eigenvalue weighted by molar-refractivity contribution is 14.0. The number of carbonyl (C=O) groups excluding carboxylic acids is 1. The normalized spacial score (nSPS) is 11.7. The van der Waals surface area contributed by atoms with E-state index in [0.29, 0.717) is 31.5 Å². The fourth-order valence-electron chi connectivity index (χ4n) is 2.36. The lowest BCUT2D eigenvalue weighted by molar-refractivity contribution is 0.0529. The molecular weight excluding hydrogens is 461 g/mol. The van der Waals surface area contributed by atoms with Crippen LogP contribution in [-0.4, -0.2) is 42.9 Å². The third kappa shape index (κ3) is 10.4. The van der Waals surface area contributed by atoms with Gasteiger partial charge in [-0.3, -0.25) is 4.99 Å². The molecule has 0 aromatic carbocycles. The maximum atomic E-state index is 11.6. The van der Waals surface area contributed by atoms with E-state index in [-0.39, 0.29) is 24.0 Å². The first-order valence-corrected chi connectivity index (χ1v) is 9.15. The zero-order chi connectivity index (χ0) is 19.6. The molecule has 0 spiro atoms. The summed E-state index contributed by atoms with van der Waals surface area (Å²) in [7, 11) is 1.69. The van der Waals surface area contributed by atoms with Crippen LogP contribution in [0, 0.1) is 0 Å². The average Bonchev–Trinajstić information content (AvgIpc) is 3.02. The van der Waals surface area contributed by atoms with Crippen LogP contribution >= 0.6 is 24.0 Å². The summed E-state index contributed by atoms with van der Waals surface area (Å²) < 4.78 is 10.6. The Labute approximate surface area is 179 Å². The number of nitrogens with zero attached hydrogens (tertiary/aromatic N) is 2. The molecule has 0 saturated heterocycles. The zero-order valence-electron chi connectivity index (χ0n) is 17.2. The third-order valence-electron chi connectivity index (χ3n) is 3.72. The third-order valence-corrected chi connectivity index (χ3v) is 3.72. The van der Waals surface area contributed by atoms with Crippen LogP contribution in [0.3, 0.4) is 0 Å². The van der Waals surface area contributed by atoms with Gasteiger partial charge in [0.15, 0.2) is 11.7 Å². The Morgan fingerprint density at radius 2 is 1.85 bits per heavy atom. The van der Waals surface area contributed by atoms with Crippen LogP contribution in [0.5, 0.6) is 0 Å². The number of rotatable bonds is 8. The monoisotopic (exact) mass is 495 g/mol. The summed E-state index contributed by atoms with van der Waals surface area (Å²) >= 11 is 0. The van der Waals surface area contributed by atoms with Gasteiger partial charge in [-0.1, -0.05) is 19.0 Å². The highest BCUT2D eigenvalue weighted by Gasteiger charge is 2.15. The predicted octanol–water partition coefficient (Wildman–Crippen LogP) is 3.39. The summed E-state index contributed by atoms with van der Waals surface area (Å²) in [4.78, 5) is 15.7. The van der Waals surface area contributed by atoms with Gasteiger partial charge in [-0.2, -0.15) is 0 Å². The minimum Gasteiger partial charge on any atom is -0.444 e. The van der Waals surface area contributed by atoms with Crippen LogP contribution in [0.2, 0.25) is 0 Å². The molecule has 156 valence electrons. The molecule has 27 heavy (non-hydrogen) atoms. The molecule has 0 aliphatic carbocycles. The van der Waals surface area contributed by atoms with E-state index >= 15 is 0 Å². The standard InChI is InChI=1S/C18H33N5O3.HI/c1-7-13(8-2)15-11-14(26-23-15)12-22-16(19-6)20-9-10-21-17(24)25-18(3,4)5;/h11,13H,7-10,12H2,1-6H3,(H,21,24)(H2,19,20,22);1H. The largest absolute Gasteiger partial charge is 0.444 e. The van der Waals surface area contributed by atoms with E-state index in [0.717, 1.165) is 24.3 Å². The summed E-state index contributed by atoms with van der Waals surface area (Å²) in [5.74, 6) is 1.82. The molecule has 1 aromatic heterocycles. The molecular formula is C18H34IN5O3. The number of aliphatic imine (C=N–C) groups is 1. The van der Waals surface area contributed by atoms with Crippen LogP contribution in [0.25, 0.3) is 0 Å². The molecule has 0 atom stereocenters. The van der Waals surface area contributed by atoms with E-state index in [4.69, 9.17) is 9.26 Å². The molecule has 0 aliphatic heterocycles. The van der Waals surface area contributed by atoms with Gasteiger partial charge in [0.2, 0.25) is 0 Å². The van der Waals surface area contributed by atoms with E-state index in [1.165, 1.54) is 0 Å². The molecule has 0 radical (unpaired) electrons. The number of amides is 1. The first-order chi connectivity index (χ1) is 12.3. The summed E-state index contributed by atoms with van der Waals surface area (Å²) in [6.45, 7) is 11.2. The van der Waals surface area contributed by atoms with Gasteiger partial charge in [-0.15, -0.1) is 24.0 Å². The SMILES string of the molecule is CCC(CC)c1cc(CNC(=NC)NCCNC(=O)OC(C)(C)C)on1.I. The molecule has 0 saturated carbocycles. The van der Waals surface area contributed by atoms with Crippen molar-refractivity contribution in [1.82, 2.24) is 21.1 Å². The van der Waals surface area contributed by atoms with Gasteiger partial charge >= 0.3 is 6.09 Å². The van der Waals surface area contributed by atoms with E-state index in [1.54, 1.807) is 7.05 Å². The molecule has 0 bridgehead atoms. The second-order valence-corrected chi connectivity index (χ2v) is 7.01. The number of halogens is 1. The zero-order valence-corrected chi connectivity index (χ0v) is 19.5. The number of carbonyl (C=O) groups is 1. The maximum absolute atomic E-state index is 11.6. The fraction of sp³-hybridized carbons (Fsp3) is 0.722. The number of ether oxygens (including phenoxy) is 1. The number of alkyl carbamates (subject to hydrolysis) is 1. The Hall–Kier alpha value is -1.52. The van der Waals surface area contributed by atoms with Crippen molar-refractivity contribution in [2.45, 2.75) is 65.5 Å². The molecule has 9 heteroatoms. The Balaban J connectivity index is 0.00000676. The van der Waals surface area contributed by atoms with Gasteiger partial charge < -0.3 is 25.2 Å². The van der Waals surface area contributed by atoms with Gasteiger partial charge in [-0.05, 0) is 33.6 Å². The van der Waals surface area contributed by atoms with Gasteiger partial charge in [0.1, 0.15) is 5.60 Å². The molecule has 1 amide bonds. The number of hydrogen-bond donors (Lipinski definition) is 3. The van der Waals surface area contributed by atoms with Crippen LogP contribution in [0.1, 0.15) is 64.8 Å². The van der Waals surface area contributed by atoms with Crippen molar-refractivity contribution in [3.05, 3.63) is 17.5 Å². The van der Waals surface area contributed by atoms with E-state index in [2.05, 4.69) is 39.9 Å². The van der Waals surface area contributed by atoms with Crippen molar-refractivity contribution in [2.75, 3.05) is 20.1 Å². The van der Waals surface area contributed by atoms with Crippen molar-refractivity contribution < 1.29 is 14.1 Å². The van der Waals surface area contributed by atoms with Crippen LogP contribution in [-0.2, 0) is 11.3 Å². The number of guanidine groups is 1. The number of hydrogen-bond acceptors (Lipinski definition) is 5. The Morgan fingerprint density at radius 3 is 2.41 bits per heavy atom. The summed E-state index contributed by atoms with van der Waals surface area (Å²) in [6.07, 6.45) is 1.66. The minimum absolute atomic E-state index is 0. The molecule has 8 nitrogen and oxygen atoms in total. The maximum Gasteiger partial charge on any atom is 0.407 e. The van der Waals surface area contributed by atoms with Crippen LogP contribution < -0.4 is 16.0 Å². The van der Waals surface area contributed by atoms with Crippen molar-refractivity contribution in [3.8, 4) is 0 Å². The molecule has 1 heterocycles. The summed E-state index contributed by atoms with van der Waals surface area (Å²) in [5, 5.41) is 13.1. The predicted molar refractivity (Wildman–Crippen MR) is 118 cm³/mol. The Morgan fingerprint density at radius 1 is 1.22 bits per heavy atom. The quantitative estimate of drug-likeness (QED) is 0.221. The Bertz CT molecular complexity index is 580. The van der Waals surface area contributed by atoms with Crippen molar-refractivity contribution in [2.24, 2.45) is 4.99 Å². The van der Waals surface area contributed by atoms with Crippen LogP contribution in [0.15, 0.2) is 15.6 Å². The second kappa shape index (κ2) is 12.8. The second-order valence-electron chi connectivity index (χ2n) is 7.01. The minimum atomic E-state index is -0.500. The number of aromatic nitrogens is 1. The van der Waals surface area contributed by atoms with E-state index in [1.807, 2.05) is 26.8 Å². The smallest absolute Gasteiger partial charge is 0.407 e. The highest BCUT2D eigenvalue weighted by Crippen LogP contribution is 2.22. The number of nitrogens with one attached hydrogen (secondary N) is 3. The average molecular weight is 495 g/mol. The lowest BCUT2D eigenvalue weighted by Crippen LogP contribution is -2.42. The lowest BCUT2D eigenvalue weighted by atomic mass is 9.99. The van der Waals surface area contributed by atoms with Gasteiger partial charge in [0, 0.05) is 32.1 Å². The fourth-order valence-corrected chi connectivity index (χ4v) is 2.36. The first-order valence-electron chi connectivity index (χ1n) is 9.15. The molecule has 1 aromatic rings. The molecule has 0 fully saturated rings. The molecule has 1 rings (SSSR count). The van der Waals surface area contributed by atoms with Gasteiger partial charge in [-0.25, -0.2) is 4.79 Å². The van der Waals surface area contributed by atoms with Gasteiger partial charge in [0.25, 0.3) is 0 Å². The van der Waals surface area contributed by atoms with Crippen molar-refractivity contribution in [3.63, 3.8) is 0 Å². The molecule has 0 unspecified atom stereocenters. The summed E-state index contributed by atoms with van der Waals surface area (Å²) in [5.41, 5.74) is 0.496. The van der Waals surface area contributed by atoms with Crippen LogP contribution in [0.4, 0.5) is 4.79 Å². The molecule has 0 aliphatic rings.